The summed E-state index contributed by atoms with van der Waals surface area (Å²) in [6, 6.07) is -1.79. The topological polar surface area (TPSA) is 137 Å². The summed E-state index contributed by atoms with van der Waals surface area (Å²) in [5.74, 6) is -1.15. The average Bonchev–Trinajstić information content (AvgIpc) is 2.85. The van der Waals surface area contributed by atoms with Crippen molar-refractivity contribution in [3.8, 4) is 0 Å². The molecule has 32 heavy (non-hydrogen) atoms. The van der Waals surface area contributed by atoms with Crippen LogP contribution in [0.25, 0.3) is 0 Å². The van der Waals surface area contributed by atoms with E-state index in [2.05, 4.69) is 20.6 Å². The molecule has 0 aromatic carbocycles. The van der Waals surface area contributed by atoms with E-state index in [-0.39, 0.29) is 37.3 Å². The molecule has 0 saturated carbocycles. The fourth-order valence-electron chi connectivity index (χ4n) is 4.11. The molecule has 3 aliphatic rings. The monoisotopic (exact) mass is 445 g/mol. The average molecular weight is 445 g/mol. The lowest BCUT2D eigenvalue weighted by atomic mass is 10.0. The first-order chi connectivity index (χ1) is 15.5. The molecule has 0 spiro atoms. The zero-order valence-corrected chi connectivity index (χ0v) is 17.7. The molecule has 1 aromatic heterocycles. The second kappa shape index (κ2) is 9.90. The predicted octanol–water partition coefficient (Wildman–Crippen LogP) is -1.55. The predicted molar refractivity (Wildman–Crippen MR) is 110 cm³/mol. The summed E-state index contributed by atoms with van der Waals surface area (Å²) in [7, 11) is 0. The van der Waals surface area contributed by atoms with Crippen LogP contribution in [0.5, 0.6) is 0 Å². The summed E-state index contributed by atoms with van der Waals surface area (Å²) in [6.07, 6.45) is 5.50. The maximum absolute atomic E-state index is 13.2. The minimum Gasteiger partial charge on any atom is -0.378 e. The van der Waals surface area contributed by atoms with Crippen LogP contribution in [-0.2, 0) is 14.3 Å². The second-order valence-corrected chi connectivity index (χ2v) is 7.93. The maximum atomic E-state index is 13.2. The van der Waals surface area contributed by atoms with Crippen molar-refractivity contribution in [1.82, 2.24) is 35.3 Å². The van der Waals surface area contributed by atoms with Crippen LogP contribution in [0.15, 0.2) is 18.6 Å². The van der Waals surface area contributed by atoms with Gasteiger partial charge < -0.3 is 30.1 Å². The Hall–Kier alpha value is -3.28. The van der Waals surface area contributed by atoms with Crippen LogP contribution in [0.1, 0.15) is 23.3 Å². The Morgan fingerprint density at radius 1 is 1.09 bits per heavy atom. The second-order valence-electron chi connectivity index (χ2n) is 7.93. The zero-order valence-electron chi connectivity index (χ0n) is 17.7. The van der Waals surface area contributed by atoms with Crippen molar-refractivity contribution in [2.45, 2.75) is 24.9 Å². The fraction of sp³-hybridized carbons (Fsp3) is 0.600. The molecule has 3 saturated heterocycles. The van der Waals surface area contributed by atoms with Gasteiger partial charge in [0, 0.05) is 45.1 Å². The number of ether oxygens (including phenoxy) is 1. The number of urea groups is 1. The van der Waals surface area contributed by atoms with Crippen LogP contribution in [0.3, 0.4) is 0 Å². The van der Waals surface area contributed by atoms with Crippen LogP contribution >= 0.6 is 0 Å². The van der Waals surface area contributed by atoms with E-state index in [1.165, 1.54) is 23.5 Å². The lowest BCUT2D eigenvalue weighted by molar-refractivity contribution is -0.133. The van der Waals surface area contributed by atoms with Gasteiger partial charge in [-0.05, 0) is 12.8 Å². The van der Waals surface area contributed by atoms with Crippen LogP contribution in [0.4, 0.5) is 4.79 Å². The van der Waals surface area contributed by atoms with Gasteiger partial charge in [0.1, 0.15) is 17.8 Å². The Bertz CT molecular complexity index is 861. The quantitative estimate of drug-likeness (QED) is 0.575. The number of rotatable bonds is 3. The molecule has 3 aliphatic heterocycles. The van der Waals surface area contributed by atoms with Gasteiger partial charge in [0.15, 0.2) is 0 Å². The Balaban J connectivity index is 1.51. The summed E-state index contributed by atoms with van der Waals surface area (Å²) >= 11 is 0. The SMILES string of the molecule is O=C1NCCCC1NC(=O)C1CN(C(=O)N2CCOCC2)CCN1C(=O)c1cnccn1. The lowest BCUT2D eigenvalue weighted by Gasteiger charge is -2.42. The number of amides is 5. The highest BCUT2D eigenvalue weighted by molar-refractivity contribution is 5.97. The fourth-order valence-corrected chi connectivity index (χ4v) is 4.11. The van der Waals surface area contributed by atoms with Gasteiger partial charge in [-0.3, -0.25) is 19.4 Å². The van der Waals surface area contributed by atoms with E-state index in [4.69, 9.17) is 4.74 Å². The smallest absolute Gasteiger partial charge is 0.320 e. The van der Waals surface area contributed by atoms with Crippen LogP contribution in [-0.4, -0.2) is 113 Å². The molecule has 12 nitrogen and oxygen atoms in total. The molecular weight excluding hydrogens is 418 g/mol. The first-order valence-electron chi connectivity index (χ1n) is 10.8. The Labute approximate surface area is 185 Å². The van der Waals surface area contributed by atoms with Gasteiger partial charge in [-0.1, -0.05) is 0 Å². The summed E-state index contributed by atoms with van der Waals surface area (Å²) in [6.45, 7) is 2.97. The highest BCUT2D eigenvalue weighted by atomic mass is 16.5. The third-order valence-electron chi connectivity index (χ3n) is 5.88. The summed E-state index contributed by atoms with van der Waals surface area (Å²) < 4.78 is 5.31. The van der Waals surface area contributed by atoms with E-state index >= 15 is 0 Å². The van der Waals surface area contributed by atoms with Crippen LogP contribution in [0, 0.1) is 0 Å². The number of aromatic nitrogens is 2. The van der Waals surface area contributed by atoms with Crippen LogP contribution < -0.4 is 10.6 Å². The van der Waals surface area contributed by atoms with E-state index in [1.807, 2.05) is 0 Å². The normalized spacial score (nSPS) is 24.0. The molecular formula is C20H27N7O5. The van der Waals surface area contributed by atoms with Gasteiger partial charge in [-0.15, -0.1) is 0 Å². The van der Waals surface area contributed by atoms with Crippen molar-refractivity contribution in [2.75, 3.05) is 52.5 Å². The first kappa shape index (κ1) is 21.9. The highest BCUT2D eigenvalue weighted by Crippen LogP contribution is 2.17. The minimum absolute atomic E-state index is 0.0301. The zero-order chi connectivity index (χ0) is 22.5. The summed E-state index contributed by atoms with van der Waals surface area (Å²) in [5, 5.41) is 5.50. The lowest BCUT2D eigenvalue weighted by Crippen LogP contribution is -2.65. The highest BCUT2D eigenvalue weighted by Gasteiger charge is 2.40. The van der Waals surface area contributed by atoms with Gasteiger partial charge in [-0.25, -0.2) is 9.78 Å². The Morgan fingerprint density at radius 3 is 2.62 bits per heavy atom. The number of hydrogen-bond donors (Lipinski definition) is 2. The molecule has 2 atom stereocenters. The third-order valence-corrected chi connectivity index (χ3v) is 5.88. The van der Waals surface area contributed by atoms with Crippen molar-refractivity contribution in [3.05, 3.63) is 24.3 Å². The Kier molecular flexibility index (Phi) is 6.78. The number of carbonyl (C=O) groups excluding carboxylic acids is 4. The molecule has 3 fully saturated rings. The number of piperidine rings is 1. The number of carbonyl (C=O) groups is 4. The van der Waals surface area contributed by atoms with Gasteiger partial charge >= 0.3 is 6.03 Å². The van der Waals surface area contributed by atoms with E-state index in [9.17, 15) is 19.2 Å². The van der Waals surface area contributed by atoms with E-state index in [1.54, 1.807) is 9.80 Å². The Morgan fingerprint density at radius 2 is 1.91 bits per heavy atom. The van der Waals surface area contributed by atoms with Crippen LogP contribution in [0.2, 0.25) is 0 Å². The minimum atomic E-state index is -0.946. The number of morpholine rings is 1. The molecule has 0 bridgehead atoms. The number of piperazine rings is 1. The van der Waals surface area contributed by atoms with Gasteiger partial charge in [-0.2, -0.15) is 0 Å². The van der Waals surface area contributed by atoms with E-state index < -0.39 is 23.9 Å². The number of hydrogen-bond acceptors (Lipinski definition) is 7. The van der Waals surface area contributed by atoms with Crippen molar-refractivity contribution in [3.63, 3.8) is 0 Å². The van der Waals surface area contributed by atoms with Gasteiger partial charge in [0.25, 0.3) is 5.91 Å². The maximum Gasteiger partial charge on any atom is 0.320 e. The molecule has 172 valence electrons. The number of nitrogens with zero attached hydrogens (tertiary/aromatic N) is 5. The van der Waals surface area contributed by atoms with Crippen molar-refractivity contribution in [2.24, 2.45) is 0 Å². The molecule has 4 heterocycles. The molecule has 5 amide bonds. The summed E-state index contributed by atoms with van der Waals surface area (Å²) in [5.41, 5.74) is 0.119. The molecule has 2 unspecified atom stereocenters. The molecule has 2 N–H and O–H groups in total. The number of nitrogens with one attached hydrogen (secondary N) is 2. The molecule has 1 aromatic rings. The molecule has 0 radical (unpaired) electrons. The molecule has 12 heteroatoms. The molecule has 4 rings (SSSR count). The van der Waals surface area contributed by atoms with Crippen molar-refractivity contribution < 1.29 is 23.9 Å². The largest absolute Gasteiger partial charge is 0.378 e. The third kappa shape index (κ3) is 4.79. The van der Waals surface area contributed by atoms with Gasteiger partial charge in [0.2, 0.25) is 11.8 Å². The summed E-state index contributed by atoms with van der Waals surface area (Å²) in [4.78, 5) is 64.1. The van der Waals surface area contributed by atoms with Crippen molar-refractivity contribution in [1.29, 1.82) is 0 Å². The van der Waals surface area contributed by atoms with Gasteiger partial charge in [0.05, 0.1) is 26.0 Å². The van der Waals surface area contributed by atoms with E-state index in [0.29, 0.717) is 39.3 Å². The standard InChI is InChI=1S/C20H27N7O5/c28-17-14(2-1-3-23-17)24-18(29)16-13-26(20(31)25-8-10-32-11-9-25)6-7-27(16)19(30)15-12-21-4-5-22-15/h4-5,12,14,16H,1-3,6-11,13H2,(H,23,28)(H,24,29). The first-order valence-corrected chi connectivity index (χ1v) is 10.8. The van der Waals surface area contributed by atoms with Crippen molar-refractivity contribution >= 4 is 23.8 Å². The molecule has 0 aliphatic carbocycles. The van der Waals surface area contributed by atoms with E-state index in [0.717, 1.165) is 6.42 Å².